The van der Waals surface area contributed by atoms with E-state index in [2.05, 4.69) is 21.1 Å². The number of methoxy groups -OCH3 is 4. The molecule has 0 unspecified atom stereocenters. The van der Waals surface area contributed by atoms with Gasteiger partial charge in [-0.2, -0.15) is 10.2 Å². The maximum atomic E-state index is 12.3. The Balaban J connectivity index is 1.61. The molecule has 0 bridgehead atoms. The van der Waals surface area contributed by atoms with Gasteiger partial charge in [0.1, 0.15) is 0 Å². The molecule has 11 nitrogen and oxygen atoms in total. The topological polar surface area (TPSA) is 133 Å². The summed E-state index contributed by atoms with van der Waals surface area (Å²) < 4.78 is 26.4. The van der Waals surface area contributed by atoms with Crippen molar-refractivity contribution in [1.82, 2.24) is 10.9 Å². The number of nitrogens with zero attached hydrogens (tertiary/aromatic N) is 2. The van der Waals surface area contributed by atoms with Gasteiger partial charge in [0, 0.05) is 11.1 Å². The van der Waals surface area contributed by atoms with Gasteiger partial charge in [-0.05, 0) is 36.4 Å². The lowest BCUT2D eigenvalue weighted by molar-refractivity contribution is 0.0902. The van der Waals surface area contributed by atoms with E-state index >= 15 is 0 Å². The predicted octanol–water partition coefficient (Wildman–Crippen LogP) is 2.84. The van der Waals surface area contributed by atoms with Crippen molar-refractivity contribution < 1.29 is 33.0 Å². The minimum absolute atomic E-state index is 0.108. The molecule has 1 aromatic heterocycles. The first kappa shape index (κ1) is 24.8. The van der Waals surface area contributed by atoms with Gasteiger partial charge in [-0.15, -0.1) is 0 Å². The largest absolute Gasteiger partial charge is 0.493 e. The van der Waals surface area contributed by atoms with Gasteiger partial charge >= 0.3 is 11.8 Å². The van der Waals surface area contributed by atoms with Crippen molar-refractivity contribution in [2.45, 2.75) is 0 Å². The van der Waals surface area contributed by atoms with E-state index in [0.717, 1.165) is 0 Å². The third kappa shape index (κ3) is 5.96. The van der Waals surface area contributed by atoms with E-state index in [-0.39, 0.29) is 11.5 Å². The first-order valence-corrected chi connectivity index (χ1v) is 10.2. The lowest BCUT2D eigenvalue weighted by atomic mass is 10.2. The molecule has 182 valence electrons. The van der Waals surface area contributed by atoms with Gasteiger partial charge in [0.05, 0.1) is 40.9 Å². The molecule has 3 rings (SSSR count). The van der Waals surface area contributed by atoms with Crippen LogP contribution >= 0.6 is 0 Å². The Labute approximate surface area is 201 Å². The Morgan fingerprint density at radius 3 is 1.49 bits per heavy atom. The number of para-hydroxylation sites is 2. The average molecular weight is 480 g/mol. The van der Waals surface area contributed by atoms with E-state index in [1.807, 2.05) is 0 Å². The van der Waals surface area contributed by atoms with Gasteiger partial charge < -0.3 is 23.4 Å². The number of hydrogen-bond donors (Lipinski definition) is 2. The molecule has 0 saturated carbocycles. The zero-order valence-corrected chi connectivity index (χ0v) is 19.5. The Hall–Kier alpha value is -4.80. The molecule has 2 amide bonds. The summed E-state index contributed by atoms with van der Waals surface area (Å²) in [5, 5.41) is 7.81. The van der Waals surface area contributed by atoms with Crippen LogP contribution in [0.4, 0.5) is 0 Å². The molecular formula is C24H24N4O7. The smallest absolute Gasteiger partial charge is 0.307 e. The fourth-order valence-corrected chi connectivity index (χ4v) is 3.04. The van der Waals surface area contributed by atoms with Crippen LogP contribution in [-0.2, 0) is 0 Å². The van der Waals surface area contributed by atoms with Crippen molar-refractivity contribution in [1.29, 1.82) is 0 Å². The fourth-order valence-electron chi connectivity index (χ4n) is 3.04. The summed E-state index contributed by atoms with van der Waals surface area (Å²) in [4.78, 5) is 24.6. The molecule has 0 aliphatic heterocycles. The maximum absolute atomic E-state index is 12.3. The standard InChI is InChI=1S/C24H24N4O7/c1-31-17-9-5-7-15(21(17)33-3)13-25-27-23(29)19-11-12-20(35-19)24(30)28-26-14-16-8-6-10-18(32-2)22(16)34-4/h5-14H,1-4H3,(H,27,29)(H,28,30)/b25-13+,26-14+. The summed E-state index contributed by atoms with van der Waals surface area (Å²) in [7, 11) is 6.04. The number of rotatable bonds is 10. The SMILES string of the molecule is COc1cccc(/C=N/NC(=O)c2ccc(C(=O)N/N=C/c3cccc(OC)c3OC)o2)c1OC. The molecular weight excluding hydrogens is 456 g/mol. The van der Waals surface area contributed by atoms with Crippen LogP contribution in [0.15, 0.2) is 63.2 Å². The molecule has 0 spiro atoms. The summed E-state index contributed by atoms with van der Waals surface area (Å²) in [5.41, 5.74) is 5.85. The zero-order valence-electron chi connectivity index (χ0n) is 19.5. The van der Waals surface area contributed by atoms with Crippen molar-refractivity contribution in [2.75, 3.05) is 28.4 Å². The second-order valence-electron chi connectivity index (χ2n) is 6.73. The monoisotopic (exact) mass is 480 g/mol. The molecule has 2 aromatic carbocycles. The van der Waals surface area contributed by atoms with Crippen LogP contribution in [0.3, 0.4) is 0 Å². The van der Waals surface area contributed by atoms with E-state index in [1.165, 1.54) is 53.0 Å². The second-order valence-corrected chi connectivity index (χ2v) is 6.73. The van der Waals surface area contributed by atoms with Crippen LogP contribution in [0.1, 0.15) is 32.2 Å². The molecule has 1 heterocycles. The Kier molecular flexibility index (Phi) is 8.43. The van der Waals surface area contributed by atoms with Crippen molar-refractivity contribution in [3.63, 3.8) is 0 Å². The van der Waals surface area contributed by atoms with Crippen LogP contribution in [0.2, 0.25) is 0 Å². The molecule has 0 fully saturated rings. The molecule has 35 heavy (non-hydrogen) atoms. The summed E-state index contributed by atoms with van der Waals surface area (Å²) in [6.07, 6.45) is 2.80. The van der Waals surface area contributed by atoms with Gasteiger partial charge in [0.25, 0.3) is 0 Å². The van der Waals surface area contributed by atoms with Crippen molar-refractivity contribution in [3.8, 4) is 23.0 Å². The van der Waals surface area contributed by atoms with E-state index in [4.69, 9.17) is 23.4 Å². The minimum Gasteiger partial charge on any atom is -0.493 e. The van der Waals surface area contributed by atoms with Gasteiger partial charge in [-0.3, -0.25) is 9.59 Å². The van der Waals surface area contributed by atoms with Gasteiger partial charge in [-0.25, -0.2) is 10.9 Å². The normalized spacial score (nSPS) is 10.9. The summed E-state index contributed by atoms with van der Waals surface area (Å²) >= 11 is 0. The van der Waals surface area contributed by atoms with Gasteiger partial charge in [-0.1, -0.05) is 12.1 Å². The molecule has 0 atom stereocenters. The average Bonchev–Trinajstić information content (AvgIpc) is 3.38. The summed E-state index contributed by atoms with van der Waals surface area (Å²) in [6, 6.07) is 13.2. The van der Waals surface area contributed by atoms with Crippen LogP contribution in [-0.4, -0.2) is 52.7 Å². The van der Waals surface area contributed by atoms with Crippen LogP contribution < -0.4 is 29.8 Å². The Morgan fingerprint density at radius 2 is 1.11 bits per heavy atom. The van der Waals surface area contributed by atoms with Crippen molar-refractivity contribution in [2.24, 2.45) is 10.2 Å². The first-order chi connectivity index (χ1) is 17.0. The van der Waals surface area contributed by atoms with E-state index in [1.54, 1.807) is 36.4 Å². The first-order valence-electron chi connectivity index (χ1n) is 10.2. The van der Waals surface area contributed by atoms with E-state index in [0.29, 0.717) is 34.1 Å². The molecule has 0 aliphatic carbocycles. The number of carbonyl (C=O) groups is 2. The number of furan rings is 1. The number of ether oxygens (including phenoxy) is 4. The fraction of sp³-hybridized carbons (Fsp3) is 0.167. The highest BCUT2D eigenvalue weighted by molar-refractivity contribution is 5.96. The maximum Gasteiger partial charge on any atom is 0.307 e. The quantitative estimate of drug-likeness (QED) is 0.337. The third-order valence-corrected chi connectivity index (χ3v) is 4.66. The van der Waals surface area contributed by atoms with Crippen LogP contribution in [0, 0.1) is 0 Å². The lowest BCUT2D eigenvalue weighted by Gasteiger charge is -2.09. The molecule has 3 aromatic rings. The molecule has 0 saturated heterocycles. The number of carbonyl (C=O) groups excluding carboxylic acids is 2. The number of benzene rings is 2. The number of nitrogens with one attached hydrogen (secondary N) is 2. The highest BCUT2D eigenvalue weighted by Crippen LogP contribution is 2.30. The Morgan fingerprint density at radius 1 is 0.686 bits per heavy atom. The minimum atomic E-state index is -0.646. The number of hydrazone groups is 2. The molecule has 0 aliphatic rings. The highest BCUT2D eigenvalue weighted by Gasteiger charge is 2.16. The van der Waals surface area contributed by atoms with Gasteiger partial charge in [0.15, 0.2) is 34.5 Å². The lowest BCUT2D eigenvalue weighted by Crippen LogP contribution is -2.18. The van der Waals surface area contributed by atoms with Crippen LogP contribution in [0.25, 0.3) is 0 Å². The predicted molar refractivity (Wildman–Crippen MR) is 128 cm³/mol. The summed E-state index contributed by atoms with van der Waals surface area (Å²) in [6.45, 7) is 0. The van der Waals surface area contributed by atoms with Crippen molar-refractivity contribution >= 4 is 24.2 Å². The summed E-state index contributed by atoms with van der Waals surface area (Å²) in [5.74, 6) is 0.480. The van der Waals surface area contributed by atoms with Gasteiger partial charge in [0.2, 0.25) is 0 Å². The molecule has 11 heteroatoms. The highest BCUT2D eigenvalue weighted by atomic mass is 16.5. The third-order valence-electron chi connectivity index (χ3n) is 4.66. The van der Waals surface area contributed by atoms with Crippen LogP contribution in [0.5, 0.6) is 23.0 Å². The number of amides is 2. The molecule has 2 N–H and O–H groups in total. The Bertz CT molecular complexity index is 1160. The van der Waals surface area contributed by atoms with Crippen molar-refractivity contribution in [3.05, 3.63) is 71.2 Å². The van der Waals surface area contributed by atoms with E-state index in [9.17, 15) is 9.59 Å². The van der Waals surface area contributed by atoms with E-state index < -0.39 is 11.8 Å². The molecule has 0 radical (unpaired) electrons. The zero-order chi connectivity index (χ0) is 25.2. The second kappa shape index (κ2) is 11.9. The number of hydrogen-bond acceptors (Lipinski definition) is 9.